The fraction of sp³-hybridized carbons (Fsp3) is 0.0500. The molecule has 0 unspecified atom stereocenters. The van der Waals surface area contributed by atoms with Gasteiger partial charge in [-0.3, -0.25) is 4.79 Å². The molecule has 154 valence electrons. The first-order valence-corrected chi connectivity index (χ1v) is 10.2. The van der Waals surface area contributed by atoms with Crippen LogP contribution in [0.2, 0.25) is 5.02 Å². The third-order valence-electron chi connectivity index (χ3n) is 4.47. The summed E-state index contributed by atoms with van der Waals surface area (Å²) in [5, 5.41) is 13.0. The largest absolute Gasteiger partial charge is 0.444 e. The molecule has 0 radical (unpaired) electrons. The fourth-order valence-corrected chi connectivity index (χ4v) is 3.65. The van der Waals surface area contributed by atoms with Crippen LogP contribution in [0.3, 0.4) is 0 Å². The van der Waals surface area contributed by atoms with Crippen LogP contribution in [0.15, 0.2) is 64.1 Å². The van der Waals surface area contributed by atoms with E-state index in [9.17, 15) is 4.79 Å². The summed E-state index contributed by atoms with van der Waals surface area (Å²) in [6.07, 6.45) is 3.07. The van der Waals surface area contributed by atoms with Crippen LogP contribution in [-0.2, 0) is 0 Å². The lowest BCUT2D eigenvalue weighted by atomic mass is 10.3. The Bertz CT molecular complexity index is 1440. The van der Waals surface area contributed by atoms with Gasteiger partial charge in [0.2, 0.25) is 0 Å². The Morgan fingerprint density at radius 1 is 1.16 bits per heavy atom. The Balaban J connectivity index is 1.58. The van der Waals surface area contributed by atoms with Crippen molar-refractivity contribution in [3.63, 3.8) is 0 Å². The van der Waals surface area contributed by atoms with Gasteiger partial charge in [0.25, 0.3) is 5.91 Å². The van der Waals surface area contributed by atoms with Crippen LogP contribution in [0.5, 0.6) is 0 Å². The molecule has 1 aromatic carbocycles. The van der Waals surface area contributed by atoms with Crippen LogP contribution in [0, 0.1) is 6.92 Å². The maximum absolute atomic E-state index is 12.6. The summed E-state index contributed by atoms with van der Waals surface area (Å²) in [6.45, 7) is 1.82. The van der Waals surface area contributed by atoms with E-state index in [2.05, 4.69) is 41.4 Å². The van der Waals surface area contributed by atoms with Gasteiger partial charge in [-0.25, -0.2) is 14.6 Å². The number of hydrogen-bond acceptors (Lipinski definition) is 6. The van der Waals surface area contributed by atoms with Crippen molar-refractivity contribution in [2.24, 2.45) is 0 Å². The highest BCUT2D eigenvalue weighted by atomic mass is 79.9. The first kappa shape index (κ1) is 19.5. The zero-order chi connectivity index (χ0) is 21.5. The molecule has 0 bridgehead atoms. The van der Waals surface area contributed by atoms with Crippen LogP contribution >= 0.6 is 27.5 Å². The molecule has 11 heteroatoms. The van der Waals surface area contributed by atoms with Gasteiger partial charge in [-0.1, -0.05) is 17.7 Å². The number of aromatic nitrogens is 6. The minimum absolute atomic E-state index is 0.166. The van der Waals surface area contributed by atoms with Crippen molar-refractivity contribution in [3.8, 4) is 11.5 Å². The lowest BCUT2D eigenvalue weighted by Gasteiger charge is -2.08. The maximum Gasteiger partial charge on any atom is 0.292 e. The van der Waals surface area contributed by atoms with Crippen molar-refractivity contribution >= 4 is 50.3 Å². The molecule has 0 spiro atoms. The number of benzene rings is 1. The normalized spacial score (nSPS) is 11.2. The predicted octanol–water partition coefficient (Wildman–Crippen LogP) is 4.57. The summed E-state index contributed by atoms with van der Waals surface area (Å²) in [6, 6.07) is 12.3. The second-order valence-corrected chi connectivity index (χ2v) is 7.83. The number of nitrogens with one attached hydrogen (secondary N) is 1. The monoisotopic (exact) mass is 497 g/mol. The van der Waals surface area contributed by atoms with Crippen molar-refractivity contribution in [1.82, 2.24) is 29.5 Å². The average molecular weight is 499 g/mol. The molecule has 0 aliphatic carbocycles. The van der Waals surface area contributed by atoms with Crippen molar-refractivity contribution < 1.29 is 9.21 Å². The molecule has 0 fully saturated rings. The highest BCUT2D eigenvalue weighted by molar-refractivity contribution is 9.10. The molecule has 5 aromatic rings. The van der Waals surface area contributed by atoms with Crippen LogP contribution in [-0.4, -0.2) is 35.4 Å². The fourth-order valence-electron chi connectivity index (χ4n) is 3.16. The van der Waals surface area contributed by atoms with E-state index in [-0.39, 0.29) is 5.76 Å². The quantitative estimate of drug-likeness (QED) is 0.389. The number of carbonyl (C=O) groups excluding carboxylic acids is 1. The zero-order valence-corrected chi connectivity index (χ0v) is 18.3. The Morgan fingerprint density at radius 2 is 2.03 bits per heavy atom. The molecular weight excluding hydrogens is 486 g/mol. The van der Waals surface area contributed by atoms with E-state index in [4.69, 9.17) is 16.0 Å². The number of anilines is 1. The number of carbonyl (C=O) groups is 1. The van der Waals surface area contributed by atoms with Crippen molar-refractivity contribution in [3.05, 3.63) is 76.1 Å². The van der Waals surface area contributed by atoms with E-state index in [1.165, 1.54) is 6.33 Å². The highest BCUT2D eigenvalue weighted by Crippen LogP contribution is 2.25. The first-order chi connectivity index (χ1) is 15.0. The number of fused-ring (bicyclic) bond motifs is 1. The van der Waals surface area contributed by atoms with E-state index < -0.39 is 5.91 Å². The standard InChI is InChI=1S/C20H13BrClN7O2/c1-11-7-17(26-20(30)15-5-6-16(21)31-15)29(27-11)19-14-9-25-28(18(14)23-10-24-19)13-4-2-3-12(22)8-13/h2-10H,1H3,(H,26,30). The maximum atomic E-state index is 12.6. The summed E-state index contributed by atoms with van der Waals surface area (Å²) in [7, 11) is 0. The Morgan fingerprint density at radius 3 is 2.81 bits per heavy atom. The first-order valence-electron chi connectivity index (χ1n) is 9.08. The molecule has 4 aromatic heterocycles. The highest BCUT2D eigenvalue weighted by Gasteiger charge is 2.19. The minimum atomic E-state index is -0.410. The van der Waals surface area contributed by atoms with Gasteiger partial charge in [0, 0.05) is 11.1 Å². The summed E-state index contributed by atoms with van der Waals surface area (Å²) in [5.74, 6) is 0.665. The molecule has 0 saturated heterocycles. The molecule has 0 aliphatic heterocycles. The number of furan rings is 1. The lowest BCUT2D eigenvalue weighted by Crippen LogP contribution is -2.15. The van der Waals surface area contributed by atoms with Crippen LogP contribution in [0.4, 0.5) is 5.82 Å². The Kier molecular flexibility index (Phi) is 4.79. The second-order valence-electron chi connectivity index (χ2n) is 6.61. The SMILES string of the molecule is Cc1cc(NC(=O)c2ccc(Br)o2)n(-c2ncnc3c2cnn3-c2cccc(Cl)c2)n1. The van der Waals surface area contributed by atoms with E-state index in [1.54, 1.807) is 45.9 Å². The van der Waals surface area contributed by atoms with Gasteiger partial charge >= 0.3 is 0 Å². The van der Waals surface area contributed by atoms with E-state index in [0.717, 1.165) is 5.69 Å². The summed E-state index contributed by atoms with van der Waals surface area (Å²) in [5.41, 5.74) is 2.04. The summed E-state index contributed by atoms with van der Waals surface area (Å²) in [4.78, 5) is 21.3. The molecule has 5 rings (SSSR count). The van der Waals surface area contributed by atoms with E-state index in [1.807, 2.05) is 19.1 Å². The minimum Gasteiger partial charge on any atom is -0.444 e. The van der Waals surface area contributed by atoms with Gasteiger partial charge in [0.15, 0.2) is 21.9 Å². The molecule has 4 heterocycles. The smallest absolute Gasteiger partial charge is 0.292 e. The van der Waals surface area contributed by atoms with E-state index >= 15 is 0 Å². The van der Waals surface area contributed by atoms with Gasteiger partial charge in [-0.05, 0) is 53.2 Å². The molecule has 9 nitrogen and oxygen atoms in total. The van der Waals surface area contributed by atoms with Crippen molar-refractivity contribution in [2.75, 3.05) is 5.32 Å². The summed E-state index contributed by atoms with van der Waals surface area (Å²) >= 11 is 9.32. The van der Waals surface area contributed by atoms with E-state index in [0.29, 0.717) is 38.1 Å². The second kappa shape index (κ2) is 7.64. The molecular formula is C20H13BrClN7O2. The summed E-state index contributed by atoms with van der Waals surface area (Å²) < 4.78 is 9.00. The molecule has 0 aliphatic rings. The number of hydrogen-bond donors (Lipinski definition) is 1. The molecule has 0 saturated carbocycles. The molecule has 1 N–H and O–H groups in total. The number of rotatable bonds is 4. The molecule has 31 heavy (non-hydrogen) atoms. The van der Waals surface area contributed by atoms with Crippen LogP contribution in [0.25, 0.3) is 22.5 Å². The number of halogens is 2. The van der Waals surface area contributed by atoms with Crippen molar-refractivity contribution in [2.45, 2.75) is 6.92 Å². The average Bonchev–Trinajstić information content (AvgIpc) is 3.46. The third-order valence-corrected chi connectivity index (χ3v) is 5.13. The molecule has 1 amide bonds. The molecule has 0 atom stereocenters. The van der Waals surface area contributed by atoms with Gasteiger partial charge in [-0.15, -0.1) is 0 Å². The zero-order valence-electron chi connectivity index (χ0n) is 16.0. The predicted molar refractivity (Wildman–Crippen MR) is 118 cm³/mol. The Labute approximate surface area is 188 Å². The van der Waals surface area contributed by atoms with Gasteiger partial charge < -0.3 is 9.73 Å². The number of aryl methyl sites for hydroxylation is 1. The number of nitrogens with zero attached hydrogens (tertiary/aromatic N) is 6. The van der Waals surface area contributed by atoms with Crippen molar-refractivity contribution in [1.29, 1.82) is 0 Å². The Hall–Kier alpha value is -3.50. The lowest BCUT2D eigenvalue weighted by molar-refractivity contribution is 0.0994. The van der Waals surface area contributed by atoms with Gasteiger partial charge in [0.1, 0.15) is 12.1 Å². The van der Waals surface area contributed by atoms with Crippen LogP contribution < -0.4 is 5.32 Å². The van der Waals surface area contributed by atoms with Crippen LogP contribution in [0.1, 0.15) is 16.2 Å². The van der Waals surface area contributed by atoms with Gasteiger partial charge in [0.05, 0.1) is 23.0 Å². The number of amides is 1. The third kappa shape index (κ3) is 3.60. The van der Waals surface area contributed by atoms with Gasteiger partial charge in [-0.2, -0.15) is 14.9 Å². The topological polar surface area (TPSA) is 104 Å².